The molecule has 1 aromatic carbocycles. The monoisotopic (exact) mass is 273 g/mol. The molecule has 0 saturated carbocycles. The molecule has 0 bridgehead atoms. The average molecular weight is 273 g/mol. The van der Waals surface area contributed by atoms with Gasteiger partial charge >= 0.3 is 0 Å². The maximum atomic E-state index is 12.5. The Morgan fingerprint density at radius 1 is 1.35 bits per heavy atom. The summed E-state index contributed by atoms with van der Waals surface area (Å²) in [6, 6.07) is 7.82. The van der Waals surface area contributed by atoms with E-state index in [2.05, 4.69) is 10.3 Å². The summed E-state index contributed by atoms with van der Waals surface area (Å²) in [5.74, 6) is -0.00168. The molecule has 1 fully saturated rings. The summed E-state index contributed by atoms with van der Waals surface area (Å²) in [6.45, 7) is 1.55. The van der Waals surface area contributed by atoms with Crippen LogP contribution in [0.25, 0.3) is 10.9 Å². The normalized spacial score (nSPS) is 18.1. The van der Waals surface area contributed by atoms with E-state index in [0.29, 0.717) is 32.6 Å². The number of hydrogen-bond acceptors (Lipinski definition) is 3. The molecule has 0 unspecified atom stereocenters. The largest absolute Gasteiger partial charge is 0.381 e. The minimum Gasteiger partial charge on any atom is -0.381 e. The number of nitrogens with two attached hydrogens (primary N) is 1. The number of amides is 1. The number of aromatic amines is 1. The lowest BCUT2D eigenvalue weighted by Gasteiger charge is -2.34. The van der Waals surface area contributed by atoms with Gasteiger partial charge in [-0.2, -0.15) is 0 Å². The standard InChI is InChI=1S/C15H19N3O2/c16-10-15(4-7-20-8-5-15)14(19)18-12-1-2-13-11(9-12)3-6-17-13/h1-3,6,9,17H,4-5,7-8,10,16H2,(H,18,19). The molecule has 106 valence electrons. The Labute approximate surface area is 117 Å². The van der Waals surface area contributed by atoms with Crippen molar-refractivity contribution in [3.8, 4) is 0 Å². The van der Waals surface area contributed by atoms with Crippen molar-refractivity contribution in [3.05, 3.63) is 30.5 Å². The van der Waals surface area contributed by atoms with Gasteiger partial charge in [-0.1, -0.05) is 0 Å². The number of anilines is 1. The predicted molar refractivity (Wildman–Crippen MR) is 78.5 cm³/mol. The first-order valence-electron chi connectivity index (χ1n) is 6.90. The second-order valence-corrected chi connectivity index (χ2v) is 5.33. The van der Waals surface area contributed by atoms with E-state index in [4.69, 9.17) is 10.5 Å². The quantitative estimate of drug-likeness (QED) is 0.798. The van der Waals surface area contributed by atoms with Crippen LogP contribution in [-0.4, -0.2) is 30.6 Å². The molecule has 5 nitrogen and oxygen atoms in total. The fourth-order valence-corrected chi connectivity index (χ4v) is 2.68. The van der Waals surface area contributed by atoms with E-state index in [9.17, 15) is 4.79 Å². The van der Waals surface area contributed by atoms with Gasteiger partial charge in [0.2, 0.25) is 5.91 Å². The van der Waals surface area contributed by atoms with Gasteiger partial charge in [0.1, 0.15) is 0 Å². The maximum absolute atomic E-state index is 12.5. The molecule has 0 aliphatic carbocycles. The SMILES string of the molecule is NCC1(C(=O)Nc2ccc3[nH]ccc3c2)CCOCC1. The summed E-state index contributed by atoms with van der Waals surface area (Å²) < 4.78 is 5.33. The average Bonchev–Trinajstić information content (AvgIpc) is 2.95. The first-order chi connectivity index (χ1) is 9.73. The number of nitrogens with one attached hydrogen (secondary N) is 2. The summed E-state index contributed by atoms with van der Waals surface area (Å²) in [5, 5.41) is 4.08. The van der Waals surface area contributed by atoms with E-state index in [0.717, 1.165) is 16.6 Å². The van der Waals surface area contributed by atoms with Gasteiger partial charge < -0.3 is 20.8 Å². The summed E-state index contributed by atoms with van der Waals surface area (Å²) >= 11 is 0. The molecule has 2 heterocycles. The molecule has 1 aliphatic rings. The summed E-state index contributed by atoms with van der Waals surface area (Å²) in [5.41, 5.74) is 7.22. The van der Waals surface area contributed by atoms with Crippen LogP contribution in [0, 0.1) is 5.41 Å². The lowest BCUT2D eigenvalue weighted by atomic mass is 9.79. The van der Waals surface area contributed by atoms with E-state index in [1.165, 1.54) is 0 Å². The van der Waals surface area contributed by atoms with Crippen LogP contribution < -0.4 is 11.1 Å². The number of carbonyl (C=O) groups excluding carboxylic acids is 1. The Balaban J connectivity index is 1.80. The van der Waals surface area contributed by atoms with Crippen LogP contribution in [0.2, 0.25) is 0 Å². The molecule has 2 aromatic rings. The third-order valence-corrected chi connectivity index (χ3v) is 4.13. The molecule has 1 aromatic heterocycles. The van der Waals surface area contributed by atoms with E-state index in [1.807, 2.05) is 30.5 Å². The third-order valence-electron chi connectivity index (χ3n) is 4.13. The van der Waals surface area contributed by atoms with Crippen molar-refractivity contribution >= 4 is 22.5 Å². The Morgan fingerprint density at radius 3 is 2.90 bits per heavy atom. The van der Waals surface area contributed by atoms with Gasteiger partial charge in [0, 0.05) is 42.5 Å². The van der Waals surface area contributed by atoms with Crippen molar-refractivity contribution in [1.29, 1.82) is 0 Å². The number of hydrogen-bond donors (Lipinski definition) is 3. The van der Waals surface area contributed by atoms with Gasteiger partial charge in [0.05, 0.1) is 5.41 Å². The van der Waals surface area contributed by atoms with Crippen LogP contribution in [0.15, 0.2) is 30.5 Å². The third kappa shape index (κ3) is 2.30. The highest BCUT2D eigenvalue weighted by Crippen LogP contribution is 2.31. The maximum Gasteiger partial charge on any atom is 0.232 e. The molecule has 1 saturated heterocycles. The first kappa shape index (κ1) is 13.1. The molecular formula is C15H19N3O2. The van der Waals surface area contributed by atoms with E-state index < -0.39 is 5.41 Å². The highest BCUT2D eigenvalue weighted by atomic mass is 16.5. The van der Waals surface area contributed by atoms with Gasteiger partial charge in [-0.05, 0) is 37.1 Å². The van der Waals surface area contributed by atoms with E-state index in [-0.39, 0.29) is 5.91 Å². The van der Waals surface area contributed by atoms with Crippen molar-refractivity contribution in [1.82, 2.24) is 4.98 Å². The molecule has 0 atom stereocenters. The van der Waals surface area contributed by atoms with Crippen LogP contribution in [0.3, 0.4) is 0 Å². The Hall–Kier alpha value is -1.85. The molecule has 0 spiro atoms. The van der Waals surface area contributed by atoms with Crippen LogP contribution >= 0.6 is 0 Å². The summed E-state index contributed by atoms with van der Waals surface area (Å²) in [4.78, 5) is 15.7. The van der Waals surface area contributed by atoms with Crippen LogP contribution in [0.1, 0.15) is 12.8 Å². The Morgan fingerprint density at radius 2 is 2.15 bits per heavy atom. The number of fused-ring (bicyclic) bond motifs is 1. The smallest absolute Gasteiger partial charge is 0.232 e. The zero-order valence-electron chi connectivity index (χ0n) is 11.3. The van der Waals surface area contributed by atoms with Crippen molar-refractivity contribution in [2.45, 2.75) is 12.8 Å². The van der Waals surface area contributed by atoms with Gasteiger partial charge in [0.25, 0.3) is 0 Å². The van der Waals surface area contributed by atoms with Crippen molar-refractivity contribution in [2.24, 2.45) is 11.1 Å². The fraction of sp³-hybridized carbons (Fsp3) is 0.400. The number of H-pyrrole nitrogens is 1. The van der Waals surface area contributed by atoms with Crippen molar-refractivity contribution in [3.63, 3.8) is 0 Å². The minimum atomic E-state index is -0.495. The predicted octanol–water partition coefficient (Wildman–Crippen LogP) is 1.86. The zero-order chi connectivity index (χ0) is 14.0. The zero-order valence-corrected chi connectivity index (χ0v) is 11.3. The summed E-state index contributed by atoms with van der Waals surface area (Å²) in [6.07, 6.45) is 3.25. The van der Waals surface area contributed by atoms with Crippen molar-refractivity contribution < 1.29 is 9.53 Å². The molecule has 1 aliphatic heterocycles. The lowest BCUT2D eigenvalue weighted by Crippen LogP contribution is -2.46. The van der Waals surface area contributed by atoms with Gasteiger partial charge in [-0.25, -0.2) is 0 Å². The number of aromatic nitrogens is 1. The van der Waals surface area contributed by atoms with Gasteiger partial charge in [-0.3, -0.25) is 4.79 Å². The first-order valence-corrected chi connectivity index (χ1v) is 6.90. The second-order valence-electron chi connectivity index (χ2n) is 5.33. The number of ether oxygens (including phenoxy) is 1. The minimum absolute atomic E-state index is 0.00168. The topological polar surface area (TPSA) is 80.1 Å². The highest BCUT2D eigenvalue weighted by Gasteiger charge is 2.38. The lowest BCUT2D eigenvalue weighted by molar-refractivity contribution is -0.130. The number of benzene rings is 1. The van der Waals surface area contributed by atoms with Crippen LogP contribution in [-0.2, 0) is 9.53 Å². The van der Waals surface area contributed by atoms with Gasteiger partial charge in [-0.15, -0.1) is 0 Å². The van der Waals surface area contributed by atoms with E-state index >= 15 is 0 Å². The van der Waals surface area contributed by atoms with Crippen LogP contribution in [0.5, 0.6) is 0 Å². The number of rotatable bonds is 3. The molecule has 20 heavy (non-hydrogen) atoms. The second kappa shape index (κ2) is 5.26. The van der Waals surface area contributed by atoms with Crippen molar-refractivity contribution in [2.75, 3.05) is 25.1 Å². The van der Waals surface area contributed by atoms with Gasteiger partial charge in [0.15, 0.2) is 0 Å². The molecular weight excluding hydrogens is 254 g/mol. The highest BCUT2D eigenvalue weighted by molar-refractivity contribution is 5.97. The fourth-order valence-electron chi connectivity index (χ4n) is 2.68. The molecule has 0 radical (unpaired) electrons. The molecule has 1 amide bonds. The Kier molecular flexibility index (Phi) is 3.46. The van der Waals surface area contributed by atoms with Crippen LogP contribution in [0.4, 0.5) is 5.69 Å². The Bertz CT molecular complexity index is 614. The molecule has 4 N–H and O–H groups in total. The molecule has 5 heteroatoms. The molecule has 3 rings (SSSR count). The number of carbonyl (C=O) groups is 1. The van der Waals surface area contributed by atoms with E-state index in [1.54, 1.807) is 0 Å². The summed E-state index contributed by atoms with van der Waals surface area (Å²) in [7, 11) is 0.